The Labute approximate surface area is 171 Å². The summed E-state index contributed by atoms with van der Waals surface area (Å²) in [4.78, 5) is 10.6. The van der Waals surface area contributed by atoms with Crippen molar-refractivity contribution in [1.82, 2.24) is 0 Å². The van der Waals surface area contributed by atoms with Gasteiger partial charge in [-0.15, -0.1) is 0 Å². The zero-order chi connectivity index (χ0) is 21.0. The molecule has 4 atom stereocenters. The van der Waals surface area contributed by atoms with E-state index in [2.05, 4.69) is 20.8 Å². The Morgan fingerprint density at radius 3 is 2.48 bits per heavy atom. The van der Waals surface area contributed by atoms with Gasteiger partial charge in [-0.2, -0.15) is 0 Å². The molecule has 0 N–H and O–H groups in total. The van der Waals surface area contributed by atoms with Gasteiger partial charge < -0.3 is 4.52 Å². The summed E-state index contributed by atoms with van der Waals surface area (Å²) < 4.78 is 26.1. The van der Waals surface area contributed by atoms with Crippen LogP contribution in [0.2, 0.25) is 0 Å². The van der Waals surface area contributed by atoms with Crippen molar-refractivity contribution < 1.29 is 18.5 Å². The molecule has 0 bridgehead atoms. The first-order valence-corrected chi connectivity index (χ1v) is 11.6. The Morgan fingerprint density at radius 1 is 1.10 bits per heavy atom. The van der Waals surface area contributed by atoms with Crippen LogP contribution in [0.3, 0.4) is 0 Å². The Kier molecular flexibility index (Phi) is 6.76. The minimum atomic E-state index is -3.74. The van der Waals surface area contributed by atoms with E-state index in [0.717, 1.165) is 19.3 Å². The number of nitrogens with zero attached hydrogens (tertiary/aromatic N) is 1. The van der Waals surface area contributed by atoms with Crippen LogP contribution in [0.15, 0.2) is 54.6 Å². The van der Waals surface area contributed by atoms with Gasteiger partial charge in [0, 0.05) is 6.07 Å². The second-order valence-corrected chi connectivity index (χ2v) is 10.1. The predicted molar refractivity (Wildman–Crippen MR) is 114 cm³/mol. The molecule has 156 valence electrons. The van der Waals surface area contributed by atoms with E-state index in [1.54, 1.807) is 30.3 Å². The first-order valence-electron chi connectivity index (χ1n) is 10.1. The largest absolute Gasteiger partial charge is 0.421 e. The second-order valence-electron chi connectivity index (χ2n) is 8.15. The monoisotopic (exact) mass is 417 g/mol. The Morgan fingerprint density at radius 2 is 1.83 bits per heavy atom. The standard InChI is InChI=1S/C22H28NO5P/c1-16(2)21-13-12-17(3)14-22(21)28-29(26,20-10-5-4-6-11-20)27-19-9-7-8-18(15-19)23(24)25/h4-11,15-17,21-22H,12-14H2,1-3H3/t17-,21+,22-,29?/m1/s1. The molecule has 1 aliphatic rings. The zero-order valence-corrected chi connectivity index (χ0v) is 18.0. The third kappa shape index (κ3) is 5.26. The van der Waals surface area contributed by atoms with Gasteiger partial charge in [0.15, 0.2) is 0 Å². The van der Waals surface area contributed by atoms with Gasteiger partial charge in [-0.3, -0.25) is 14.6 Å². The van der Waals surface area contributed by atoms with E-state index in [4.69, 9.17) is 9.05 Å². The van der Waals surface area contributed by atoms with E-state index in [0.29, 0.717) is 17.1 Å². The lowest BCUT2D eigenvalue weighted by atomic mass is 9.75. The maximum atomic E-state index is 14.0. The molecule has 0 spiro atoms. The Hall–Kier alpha value is -2.17. The lowest BCUT2D eigenvalue weighted by molar-refractivity contribution is -0.384. The third-order valence-electron chi connectivity index (χ3n) is 5.56. The summed E-state index contributed by atoms with van der Waals surface area (Å²) in [6.45, 7) is 6.50. The zero-order valence-electron chi connectivity index (χ0n) is 17.1. The number of hydrogen-bond acceptors (Lipinski definition) is 5. The predicted octanol–water partition coefficient (Wildman–Crippen LogP) is 5.97. The summed E-state index contributed by atoms with van der Waals surface area (Å²) in [6.07, 6.45) is 2.78. The lowest BCUT2D eigenvalue weighted by Gasteiger charge is -2.38. The molecule has 6 nitrogen and oxygen atoms in total. The van der Waals surface area contributed by atoms with Crippen molar-refractivity contribution in [3.05, 3.63) is 64.7 Å². The van der Waals surface area contributed by atoms with Gasteiger partial charge in [-0.05, 0) is 48.8 Å². The van der Waals surface area contributed by atoms with Gasteiger partial charge in [0.05, 0.1) is 22.4 Å². The molecular weight excluding hydrogens is 389 g/mol. The highest BCUT2D eigenvalue weighted by atomic mass is 31.2. The van der Waals surface area contributed by atoms with Crippen molar-refractivity contribution in [1.29, 1.82) is 0 Å². The maximum Gasteiger partial charge on any atom is 0.411 e. The molecule has 7 heteroatoms. The quantitative estimate of drug-likeness (QED) is 0.315. The van der Waals surface area contributed by atoms with Crippen LogP contribution in [0.5, 0.6) is 5.75 Å². The first kappa shape index (κ1) is 21.5. The third-order valence-corrected chi connectivity index (χ3v) is 7.49. The number of hydrogen-bond donors (Lipinski definition) is 0. The minimum absolute atomic E-state index is 0.117. The topological polar surface area (TPSA) is 78.7 Å². The summed E-state index contributed by atoms with van der Waals surface area (Å²) in [5.74, 6) is 1.33. The molecule has 29 heavy (non-hydrogen) atoms. The highest BCUT2D eigenvalue weighted by molar-refractivity contribution is 7.62. The van der Waals surface area contributed by atoms with Crippen LogP contribution in [0.1, 0.15) is 40.0 Å². The smallest absolute Gasteiger partial charge is 0.411 e. The SMILES string of the molecule is CC(C)[C@@H]1CC[C@@H](C)C[C@H]1OP(=O)(Oc1cccc([N+](=O)[O-])c1)c1ccccc1. The van der Waals surface area contributed by atoms with Crippen LogP contribution in [0, 0.1) is 27.9 Å². The lowest BCUT2D eigenvalue weighted by Crippen LogP contribution is -2.35. The highest BCUT2D eigenvalue weighted by Crippen LogP contribution is 2.52. The molecule has 0 amide bonds. The van der Waals surface area contributed by atoms with Crippen LogP contribution >= 0.6 is 7.60 Å². The normalized spacial score (nSPS) is 24.1. The van der Waals surface area contributed by atoms with Crippen molar-refractivity contribution in [3.8, 4) is 5.75 Å². The summed E-state index contributed by atoms with van der Waals surface area (Å²) in [5, 5.41) is 11.6. The van der Waals surface area contributed by atoms with E-state index in [1.807, 2.05) is 6.07 Å². The van der Waals surface area contributed by atoms with Crippen molar-refractivity contribution >= 4 is 18.6 Å². The number of rotatable bonds is 7. The average molecular weight is 417 g/mol. The number of nitro groups is 1. The molecule has 2 aromatic rings. The van der Waals surface area contributed by atoms with E-state index < -0.39 is 12.5 Å². The average Bonchev–Trinajstić information content (AvgIpc) is 2.68. The molecule has 0 aliphatic heterocycles. The van der Waals surface area contributed by atoms with Crippen molar-refractivity contribution in [2.75, 3.05) is 0 Å². The van der Waals surface area contributed by atoms with E-state index in [9.17, 15) is 14.7 Å². The van der Waals surface area contributed by atoms with Crippen molar-refractivity contribution in [2.45, 2.75) is 46.1 Å². The molecule has 0 aromatic heterocycles. The molecule has 1 aliphatic carbocycles. The number of non-ortho nitro benzene ring substituents is 1. The van der Waals surface area contributed by atoms with Gasteiger partial charge in [0.2, 0.25) is 0 Å². The molecule has 0 saturated heterocycles. The van der Waals surface area contributed by atoms with Gasteiger partial charge in [-0.25, -0.2) is 4.57 Å². The second kappa shape index (κ2) is 9.10. The molecule has 3 rings (SSSR count). The maximum absolute atomic E-state index is 14.0. The van der Waals surface area contributed by atoms with E-state index in [1.165, 1.54) is 18.2 Å². The molecule has 1 unspecified atom stereocenters. The van der Waals surface area contributed by atoms with Crippen LogP contribution in [-0.2, 0) is 9.09 Å². The molecular formula is C22H28NO5P. The van der Waals surface area contributed by atoms with Crippen molar-refractivity contribution in [3.63, 3.8) is 0 Å². The fraction of sp³-hybridized carbons (Fsp3) is 0.455. The Balaban J connectivity index is 1.95. The highest BCUT2D eigenvalue weighted by Gasteiger charge is 2.39. The molecule has 1 saturated carbocycles. The van der Waals surface area contributed by atoms with Gasteiger partial charge >= 0.3 is 7.60 Å². The van der Waals surface area contributed by atoms with Crippen LogP contribution in [0.25, 0.3) is 0 Å². The van der Waals surface area contributed by atoms with Crippen LogP contribution < -0.4 is 9.83 Å². The molecule has 1 fully saturated rings. The molecule has 0 heterocycles. The van der Waals surface area contributed by atoms with Crippen LogP contribution in [0.4, 0.5) is 5.69 Å². The van der Waals surface area contributed by atoms with Gasteiger partial charge in [0.25, 0.3) is 5.69 Å². The van der Waals surface area contributed by atoms with Gasteiger partial charge in [-0.1, -0.05) is 51.5 Å². The first-order chi connectivity index (χ1) is 13.8. The van der Waals surface area contributed by atoms with Crippen LogP contribution in [-0.4, -0.2) is 11.0 Å². The fourth-order valence-electron chi connectivity index (χ4n) is 3.95. The summed E-state index contributed by atoms with van der Waals surface area (Å²) in [6, 6.07) is 14.6. The van der Waals surface area contributed by atoms with E-state index in [-0.39, 0.29) is 23.5 Å². The fourth-order valence-corrected chi connectivity index (χ4v) is 5.75. The number of nitro benzene ring substituents is 1. The molecule has 2 aromatic carbocycles. The molecule has 0 radical (unpaired) electrons. The van der Waals surface area contributed by atoms with E-state index >= 15 is 0 Å². The summed E-state index contributed by atoms with van der Waals surface area (Å²) in [7, 11) is -3.74. The number of benzene rings is 2. The minimum Gasteiger partial charge on any atom is -0.421 e. The van der Waals surface area contributed by atoms with Crippen molar-refractivity contribution in [2.24, 2.45) is 17.8 Å². The summed E-state index contributed by atoms with van der Waals surface area (Å²) >= 11 is 0. The summed E-state index contributed by atoms with van der Waals surface area (Å²) in [5.41, 5.74) is -0.117. The Bertz CT molecular complexity index is 886. The van der Waals surface area contributed by atoms with Gasteiger partial charge in [0.1, 0.15) is 5.75 Å².